The summed E-state index contributed by atoms with van der Waals surface area (Å²) in [6, 6.07) is 7.47. The van der Waals surface area contributed by atoms with Gasteiger partial charge in [-0.2, -0.15) is 0 Å². The third-order valence-electron chi connectivity index (χ3n) is 3.82. The number of nitrogens with one attached hydrogen (secondary N) is 1. The van der Waals surface area contributed by atoms with Crippen LogP contribution in [-0.2, 0) is 4.79 Å². The molecule has 0 saturated carbocycles. The van der Waals surface area contributed by atoms with Gasteiger partial charge in [-0.05, 0) is 33.0 Å². The summed E-state index contributed by atoms with van der Waals surface area (Å²) < 4.78 is 0. The van der Waals surface area contributed by atoms with Crippen molar-refractivity contribution in [3.8, 4) is 0 Å². The molecule has 0 bridgehead atoms. The maximum absolute atomic E-state index is 12.0. The van der Waals surface area contributed by atoms with Gasteiger partial charge in [0.1, 0.15) is 0 Å². The van der Waals surface area contributed by atoms with Gasteiger partial charge in [-0.25, -0.2) is 0 Å². The Bertz CT molecular complexity index is 464. The molecule has 22 heavy (non-hydrogen) atoms. The molecule has 0 aliphatic rings. The molecule has 0 spiro atoms. The minimum atomic E-state index is -0.0417. The molecule has 0 saturated heterocycles. The summed E-state index contributed by atoms with van der Waals surface area (Å²) in [4.78, 5) is 26.0. The van der Waals surface area contributed by atoms with Crippen LogP contribution in [0.5, 0.6) is 0 Å². The summed E-state index contributed by atoms with van der Waals surface area (Å²) in [7, 11) is 0. The van der Waals surface area contributed by atoms with Crippen molar-refractivity contribution in [1.82, 2.24) is 10.2 Å². The van der Waals surface area contributed by atoms with Crippen LogP contribution in [0.25, 0.3) is 0 Å². The van der Waals surface area contributed by atoms with Gasteiger partial charge in [0.15, 0.2) is 5.78 Å². The predicted octanol–water partition coefficient (Wildman–Crippen LogP) is 2.81. The minimum absolute atomic E-state index is 0.0262. The van der Waals surface area contributed by atoms with Crippen LogP contribution in [0.1, 0.15) is 49.0 Å². The number of amides is 1. The molecule has 4 heteroatoms. The second-order valence-electron chi connectivity index (χ2n) is 5.52. The number of hydrogen-bond acceptors (Lipinski definition) is 3. The first-order valence-corrected chi connectivity index (χ1v) is 8.15. The topological polar surface area (TPSA) is 49.4 Å². The Morgan fingerprint density at radius 1 is 1.05 bits per heavy atom. The van der Waals surface area contributed by atoms with Crippen LogP contribution in [0, 0.1) is 6.92 Å². The molecule has 1 N–H and O–H groups in total. The van der Waals surface area contributed by atoms with Crippen LogP contribution in [0.3, 0.4) is 0 Å². The molecule has 0 radical (unpaired) electrons. The molecule has 0 atom stereocenters. The summed E-state index contributed by atoms with van der Waals surface area (Å²) in [6.07, 6.45) is 1.47. The lowest BCUT2D eigenvalue weighted by Crippen LogP contribution is -2.30. The van der Waals surface area contributed by atoms with E-state index >= 15 is 0 Å². The lowest BCUT2D eigenvalue weighted by Gasteiger charge is -2.17. The highest BCUT2D eigenvalue weighted by Gasteiger charge is 2.09. The molecular weight excluding hydrogens is 276 g/mol. The van der Waals surface area contributed by atoms with E-state index in [1.807, 2.05) is 31.2 Å². The number of aryl methyl sites for hydroxylation is 1. The highest BCUT2D eigenvalue weighted by atomic mass is 16.2. The van der Waals surface area contributed by atoms with Gasteiger partial charge < -0.3 is 10.2 Å². The molecule has 4 nitrogen and oxygen atoms in total. The Morgan fingerprint density at radius 3 is 2.27 bits per heavy atom. The van der Waals surface area contributed by atoms with Crippen LogP contribution >= 0.6 is 0 Å². The maximum Gasteiger partial charge on any atom is 0.220 e. The third-order valence-corrected chi connectivity index (χ3v) is 3.82. The SMILES string of the molecule is CCN(CC)CCCNC(=O)CCC(=O)c1ccc(C)cc1. The molecule has 1 aromatic rings. The molecule has 0 fully saturated rings. The summed E-state index contributed by atoms with van der Waals surface area (Å²) in [6.45, 7) is 10.0. The third kappa shape index (κ3) is 6.85. The van der Waals surface area contributed by atoms with Gasteiger partial charge in [-0.15, -0.1) is 0 Å². The lowest BCUT2D eigenvalue weighted by molar-refractivity contribution is -0.121. The van der Waals surface area contributed by atoms with E-state index in [1.54, 1.807) is 0 Å². The number of carbonyl (C=O) groups is 2. The quantitative estimate of drug-likeness (QED) is 0.534. The van der Waals surface area contributed by atoms with Crippen molar-refractivity contribution in [3.05, 3.63) is 35.4 Å². The van der Waals surface area contributed by atoms with E-state index in [0.29, 0.717) is 12.1 Å². The molecule has 1 amide bonds. The Labute approximate surface area is 133 Å². The predicted molar refractivity (Wildman–Crippen MR) is 90.2 cm³/mol. The standard InChI is InChI=1S/C18H28N2O2/c1-4-20(5-2)14-6-13-19-18(22)12-11-17(21)16-9-7-15(3)8-10-16/h7-10H,4-6,11-14H2,1-3H3,(H,19,22). The van der Waals surface area contributed by atoms with Gasteiger partial charge in [-0.1, -0.05) is 43.7 Å². The molecule has 122 valence electrons. The van der Waals surface area contributed by atoms with E-state index < -0.39 is 0 Å². The van der Waals surface area contributed by atoms with Crippen molar-refractivity contribution < 1.29 is 9.59 Å². The van der Waals surface area contributed by atoms with E-state index in [4.69, 9.17) is 0 Å². The smallest absolute Gasteiger partial charge is 0.220 e. The second-order valence-corrected chi connectivity index (χ2v) is 5.52. The molecule has 0 aliphatic carbocycles. The van der Waals surface area contributed by atoms with Gasteiger partial charge >= 0.3 is 0 Å². The molecular formula is C18H28N2O2. The monoisotopic (exact) mass is 304 g/mol. The first kappa shape index (κ1) is 18.4. The van der Waals surface area contributed by atoms with Crippen molar-refractivity contribution in [1.29, 1.82) is 0 Å². The Hall–Kier alpha value is -1.68. The van der Waals surface area contributed by atoms with Crippen LogP contribution in [0.15, 0.2) is 24.3 Å². The first-order valence-electron chi connectivity index (χ1n) is 8.15. The largest absolute Gasteiger partial charge is 0.356 e. The van der Waals surface area contributed by atoms with Crippen LogP contribution < -0.4 is 5.32 Å². The number of hydrogen-bond donors (Lipinski definition) is 1. The molecule has 0 heterocycles. The van der Waals surface area contributed by atoms with E-state index in [-0.39, 0.29) is 24.5 Å². The van der Waals surface area contributed by atoms with Gasteiger partial charge in [0.25, 0.3) is 0 Å². The van der Waals surface area contributed by atoms with Crippen molar-refractivity contribution in [2.75, 3.05) is 26.2 Å². The van der Waals surface area contributed by atoms with Crippen molar-refractivity contribution in [2.45, 2.75) is 40.0 Å². The van der Waals surface area contributed by atoms with Crippen molar-refractivity contribution in [3.63, 3.8) is 0 Å². The highest BCUT2D eigenvalue weighted by Crippen LogP contribution is 2.07. The number of benzene rings is 1. The number of ketones is 1. The van der Waals surface area contributed by atoms with Crippen molar-refractivity contribution >= 4 is 11.7 Å². The van der Waals surface area contributed by atoms with E-state index in [1.165, 1.54) is 0 Å². The van der Waals surface area contributed by atoms with Gasteiger partial charge in [0.2, 0.25) is 5.91 Å². The van der Waals surface area contributed by atoms with Gasteiger partial charge in [-0.3, -0.25) is 9.59 Å². The zero-order valence-corrected chi connectivity index (χ0v) is 14.0. The van der Waals surface area contributed by atoms with E-state index in [9.17, 15) is 9.59 Å². The van der Waals surface area contributed by atoms with E-state index in [2.05, 4.69) is 24.1 Å². The lowest BCUT2D eigenvalue weighted by atomic mass is 10.1. The summed E-state index contributed by atoms with van der Waals surface area (Å²) >= 11 is 0. The number of rotatable bonds is 10. The van der Waals surface area contributed by atoms with Gasteiger partial charge in [0.05, 0.1) is 0 Å². The summed E-state index contributed by atoms with van der Waals surface area (Å²) in [5.41, 5.74) is 1.81. The molecule has 1 rings (SSSR count). The van der Waals surface area contributed by atoms with Crippen LogP contribution in [0.4, 0.5) is 0 Å². The first-order chi connectivity index (χ1) is 10.6. The Balaban J connectivity index is 2.20. The Kier molecular flexibility index (Phi) is 8.44. The average molecular weight is 304 g/mol. The summed E-state index contributed by atoms with van der Waals surface area (Å²) in [5, 5.41) is 2.88. The van der Waals surface area contributed by atoms with Crippen LogP contribution in [0.2, 0.25) is 0 Å². The van der Waals surface area contributed by atoms with E-state index in [0.717, 1.165) is 31.6 Å². The fraction of sp³-hybridized carbons (Fsp3) is 0.556. The van der Waals surface area contributed by atoms with Crippen LogP contribution in [-0.4, -0.2) is 42.8 Å². The summed E-state index contributed by atoms with van der Waals surface area (Å²) in [5.74, 6) is -0.0155. The second kappa shape index (κ2) is 10.1. The Morgan fingerprint density at radius 2 is 1.68 bits per heavy atom. The average Bonchev–Trinajstić information content (AvgIpc) is 2.53. The van der Waals surface area contributed by atoms with Crippen molar-refractivity contribution in [2.24, 2.45) is 0 Å². The normalized spacial score (nSPS) is 10.7. The zero-order valence-electron chi connectivity index (χ0n) is 14.0. The molecule has 0 aliphatic heterocycles. The molecule has 0 aromatic heterocycles. The fourth-order valence-electron chi connectivity index (χ4n) is 2.27. The maximum atomic E-state index is 12.0. The zero-order chi connectivity index (χ0) is 16.4. The van der Waals surface area contributed by atoms with Gasteiger partial charge in [0, 0.05) is 24.9 Å². The highest BCUT2D eigenvalue weighted by molar-refractivity contribution is 5.97. The minimum Gasteiger partial charge on any atom is -0.356 e. The molecule has 0 unspecified atom stereocenters. The number of Topliss-reactive ketones (excluding diaryl/α,β-unsaturated/α-hetero) is 1. The number of nitrogens with zero attached hydrogens (tertiary/aromatic N) is 1. The number of carbonyl (C=O) groups excluding carboxylic acids is 2. The molecule has 1 aromatic carbocycles. The fourth-order valence-corrected chi connectivity index (χ4v) is 2.27.